The lowest BCUT2D eigenvalue weighted by Gasteiger charge is -2.19. The van der Waals surface area contributed by atoms with E-state index in [9.17, 15) is 9.59 Å². The Hall–Kier alpha value is -2.57. The predicted molar refractivity (Wildman–Crippen MR) is 62.0 cm³/mol. The van der Waals surface area contributed by atoms with E-state index in [1.807, 2.05) is 0 Å². The zero-order valence-electron chi connectivity index (χ0n) is 9.35. The van der Waals surface area contributed by atoms with Gasteiger partial charge in [-0.2, -0.15) is 0 Å². The van der Waals surface area contributed by atoms with Gasteiger partial charge in [-0.3, -0.25) is 4.79 Å². The van der Waals surface area contributed by atoms with E-state index in [0.717, 1.165) is 0 Å². The number of carboxylic acid groups (broad SMARTS) is 2. The van der Waals surface area contributed by atoms with Gasteiger partial charge >= 0.3 is 11.9 Å². The molecule has 1 aliphatic heterocycles. The minimum absolute atomic E-state index is 0.0439. The molecule has 0 aliphatic carbocycles. The van der Waals surface area contributed by atoms with Gasteiger partial charge in [0, 0.05) is 12.4 Å². The number of aliphatic carboxylic acids is 1. The summed E-state index contributed by atoms with van der Waals surface area (Å²) in [5.41, 5.74) is -0.0439. The van der Waals surface area contributed by atoms with E-state index in [-0.39, 0.29) is 12.2 Å². The lowest BCUT2D eigenvalue weighted by molar-refractivity contribution is -0.137. The maximum Gasteiger partial charge on any atom is 0.354 e. The van der Waals surface area contributed by atoms with Crippen molar-refractivity contribution in [2.75, 3.05) is 18.1 Å². The van der Waals surface area contributed by atoms with E-state index in [1.165, 1.54) is 6.07 Å². The normalized spacial score (nSPS) is 14.0. The number of nitrogens with zero attached hydrogens (tertiary/aromatic N) is 3. The van der Waals surface area contributed by atoms with Crippen molar-refractivity contribution in [3.63, 3.8) is 0 Å². The molecule has 2 N–H and O–H groups in total. The molecular formula is C11H11N3O4. The summed E-state index contributed by atoms with van der Waals surface area (Å²) in [7, 11) is 0. The molecule has 0 unspecified atom stereocenters. The second-order valence-corrected chi connectivity index (χ2v) is 3.74. The summed E-state index contributed by atoms with van der Waals surface area (Å²) in [5, 5.41) is 17.5. The molecule has 1 aliphatic rings. The van der Waals surface area contributed by atoms with Gasteiger partial charge in [-0.25, -0.2) is 9.78 Å². The lowest BCUT2D eigenvalue weighted by atomic mass is 10.3. The Labute approximate surface area is 103 Å². The average Bonchev–Trinajstić information content (AvgIpc) is 2.77. The number of aromatic nitrogens is 1. The topological polar surface area (TPSA) is 94.0 Å². The van der Waals surface area contributed by atoms with Crippen molar-refractivity contribution < 1.29 is 19.8 Å². The van der Waals surface area contributed by atoms with Crippen LogP contribution in [0.2, 0.25) is 0 Å². The summed E-state index contributed by atoms with van der Waals surface area (Å²) < 4.78 is 0. The van der Waals surface area contributed by atoms with Crippen LogP contribution in [0, 0.1) is 0 Å². The SMILES string of the molecule is O=C(O)CN1C=CN(c2cccc(C(=O)O)n2)C1. The van der Waals surface area contributed by atoms with Crippen molar-refractivity contribution in [3.8, 4) is 0 Å². The smallest absolute Gasteiger partial charge is 0.354 e. The van der Waals surface area contributed by atoms with Crippen LogP contribution in [0.1, 0.15) is 10.5 Å². The van der Waals surface area contributed by atoms with E-state index in [0.29, 0.717) is 12.5 Å². The molecule has 1 aromatic heterocycles. The third kappa shape index (κ3) is 2.57. The molecule has 0 spiro atoms. The molecular weight excluding hydrogens is 238 g/mol. The fraction of sp³-hybridized carbons (Fsp3) is 0.182. The minimum atomic E-state index is -1.09. The third-order valence-electron chi connectivity index (χ3n) is 2.38. The first-order valence-corrected chi connectivity index (χ1v) is 5.17. The first-order valence-electron chi connectivity index (χ1n) is 5.17. The van der Waals surface area contributed by atoms with E-state index >= 15 is 0 Å². The molecule has 2 heterocycles. The van der Waals surface area contributed by atoms with E-state index < -0.39 is 11.9 Å². The molecule has 0 saturated heterocycles. The van der Waals surface area contributed by atoms with Crippen LogP contribution in [0.5, 0.6) is 0 Å². The fourth-order valence-corrected chi connectivity index (χ4v) is 1.59. The van der Waals surface area contributed by atoms with Crippen LogP contribution in [0.15, 0.2) is 30.6 Å². The number of pyridine rings is 1. The van der Waals surface area contributed by atoms with Gasteiger partial charge in [0.2, 0.25) is 0 Å². The number of carbonyl (C=O) groups is 2. The Morgan fingerprint density at radius 3 is 2.72 bits per heavy atom. The zero-order valence-corrected chi connectivity index (χ0v) is 9.35. The quantitative estimate of drug-likeness (QED) is 0.798. The number of rotatable bonds is 4. The van der Waals surface area contributed by atoms with Crippen LogP contribution >= 0.6 is 0 Å². The van der Waals surface area contributed by atoms with Gasteiger partial charge in [-0.05, 0) is 12.1 Å². The summed E-state index contributed by atoms with van der Waals surface area (Å²) in [5.74, 6) is -1.55. The molecule has 0 amide bonds. The van der Waals surface area contributed by atoms with Crippen molar-refractivity contribution in [2.24, 2.45) is 0 Å². The van der Waals surface area contributed by atoms with E-state index in [2.05, 4.69) is 4.98 Å². The highest BCUT2D eigenvalue weighted by molar-refractivity contribution is 5.85. The second-order valence-electron chi connectivity index (χ2n) is 3.74. The van der Waals surface area contributed by atoms with Crippen molar-refractivity contribution >= 4 is 17.8 Å². The molecule has 94 valence electrons. The largest absolute Gasteiger partial charge is 0.480 e. The first kappa shape index (κ1) is 11.9. The molecule has 0 bridgehead atoms. The highest BCUT2D eigenvalue weighted by atomic mass is 16.4. The Morgan fingerprint density at radius 2 is 2.06 bits per heavy atom. The number of aromatic carboxylic acids is 1. The highest BCUT2D eigenvalue weighted by Gasteiger charge is 2.17. The summed E-state index contributed by atoms with van der Waals surface area (Å²) in [6.45, 7) is 0.230. The van der Waals surface area contributed by atoms with E-state index in [4.69, 9.17) is 10.2 Å². The molecule has 0 atom stereocenters. The van der Waals surface area contributed by atoms with Crippen molar-refractivity contribution in [2.45, 2.75) is 0 Å². The summed E-state index contributed by atoms with van der Waals surface area (Å²) in [4.78, 5) is 28.6. The first-order chi connectivity index (χ1) is 8.56. The van der Waals surface area contributed by atoms with Crippen LogP contribution < -0.4 is 4.90 Å². The number of hydrogen-bond donors (Lipinski definition) is 2. The molecule has 0 radical (unpaired) electrons. The third-order valence-corrected chi connectivity index (χ3v) is 2.38. The molecule has 7 nitrogen and oxygen atoms in total. The molecule has 0 saturated carbocycles. The van der Waals surface area contributed by atoms with Gasteiger partial charge in [0.25, 0.3) is 0 Å². The second kappa shape index (κ2) is 4.74. The lowest BCUT2D eigenvalue weighted by Crippen LogP contribution is -2.29. The van der Waals surface area contributed by atoms with Crippen LogP contribution in [0.4, 0.5) is 5.82 Å². The molecule has 7 heteroatoms. The number of carboxylic acids is 2. The van der Waals surface area contributed by atoms with Gasteiger partial charge in [0.15, 0.2) is 5.69 Å². The number of hydrogen-bond acceptors (Lipinski definition) is 5. The Morgan fingerprint density at radius 1 is 1.28 bits per heavy atom. The average molecular weight is 249 g/mol. The predicted octanol–water partition coefficient (Wildman–Crippen LogP) is 0.415. The van der Waals surface area contributed by atoms with Gasteiger partial charge < -0.3 is 20.0 Å². The van der Waals surface area contributed by atoms with Gasteiger partial charge in [-0.1, -0.05) is 6.07 Å². The van der Waals surface area contributed by atoms with Crippen molar-refractivity contribution in [3.05, 3.63) is 36.3 Å². The van der Waals surface area contributed by atoms with Gasteiger partial charge in [-0.15, -0.1) is 0 Å². The molecule has 18 heavy (non-hydrogen) atoms. The molecule has 1 aromatic rings. The Kier molecular flexibility index (Phi) is 3.13. The van der Waals surface area contributed by atoms with Crippen LogP contribution in [-0.4, -0.2) is 45.2 Å². The molecule has 2 rings (SSSR count). The highest BCUT2D eigenvalue weighted by Crippen LogP contribution is 2.17. The molecule has 0 fully saturated rings. The fourth-order valence-electron chi connectivity index (χ4n) is 1.59. The Balaban J connectivity index is 2.10. The van der Waals surface area contributed by atoms with E-state index in [1.54, 1.807) is 34.3 Å². The standard InChI is InChI=1S/C11H11N3O4/c15-10(16)6-13-4-5-14(7-13)9-3-1-2-8(12-9)11(17)18/h1-5H,6-7H2,(H,15,16)(H,17,18). The van der Waals surface area contributed by atoms with Crippen LogP contribution in [-0.2, 0) is 4.79 Å². The summed E-state index contributed by atoms with van der Waals surface area (Å²) >= 11 is 0. The van der Waals surface area contributed by atoms with Crippen molar-refractivity contribution in [1.29, 1.82) is 0 Å². The molecule has 0 aromatic carbocycles. The maximum absolute atomic E-state index is 10.8. The van der Waals surface area contributed by atoms with Crippen LogP contribution in [0.25, 0.3) is 0 Å². The monoisotopic (exact) mass is 249 g/mol. The van der Waals surface area contributed by atoms with Crippen molar-refractivity contribution in [1.82, 2.24) is 9.88 Å². The number of anilines is 1. The minimum Gasteiger partial charge on any atom is -0.480 e. The van der Waals surface area contributed by atoms with Gasteiger partial charge in [0.05, 0.1) is 6.67 Å². The maximum atomic E-state index is 10.8. The summed E-state index contributed by atoms with van der Waals surface area (Å²) in [6, 6.07) is 4.67. The summed E-state index contributed by atoms with van der Waals surface area (Å²) in [6.07, 6.45) is 3.29. The Bertz CT molecular complexity index is 515. The zero-order chi connectivity index (χ0) is 13.1. The van der Waals surface area contributed by atoms with Gasteiger partial charge in [0.1, 0.15) is 12.4 Å². The van der Waals surface area contributed by atoms with Crippen LogP contribution in [0.3, 0.4) is 0 Å².